The van der Waals surface area contributed by atoms with Crippen LogP contribution in [-0.4, -0.2) is 25.5 Å². The number of nitrogens with two attached hydrogens (primary N) is 1. The molecule has 2 aromatic rings. The normalized spacial score (nSPS) is 11.2. The SMILES string of the molecule is COc1cc(Cl)nc(NS(=O)(=O)c2ccc(N)cc2Br)n1. The van der Waals surface area contributed by atoms with Gasteiger partial charge in [0.25, 0.3) is 10.0 Å². The van der Waals surface area contributed by atoms with E-state index in [4.69, 9.17) is 22.1 Å². The Hall–Kier alpha value is -1.58. The Morgan fingerprint density at radius 1 is 1.33 bits per heavy atom. The lowest BCUT2D eigenvalue weighted by Gasteiger charge is -2.09. The van der Waals surface area contributed by atoms with E-state index in [-0.39, 0.29) is 21.9 Å². The van der Waals surface area contributed by atoms with E-state index < -0.39 is 10.0 Å². The fraction of sp³-hybridized carbons (Fsp3) is 0.0909. The van der Waals surface area contributed by atoms with Gasteiger partial charge in [0.1, 0.15) is 10.0 Å². The van der Waals surface area contributed by atoms with Crippen LogP contribution < -0.4 is 15.2 Å². The van der Waals surface area contributed by atoms with Crippen molar-refractivity contribution in [3.05, 3.63) is 33.9 Å². The van der Waals surface area contributed by atoms with Gasteiger partial charge in [-0.1, -0.05) is 11.6 Å². The summed E-state index contributed by atoms with van der Waals surface area (Å²) in [4.78, 5) is 7.64. The molecule has 21 heavy (non-hydrogen) atoms. The minimum atomic E-state index is -3.89. The molecule has 7 nitrogen and oxygen atoms in total. The highest BCUT2D eigenvalue weighted by atomic mass is 79.9. The molecule has 112 valence electrons. The monoisotopic (exact) mass is 392 g/mol. The third-order valence-electron chi connectivity index (χ3n) is 2.35. The Kier molecular flexibility index (Phi) is 4.55. The zero-order valence-corrected chi connectivity index (χ0v) is 13.8. The molecule has 0 saturated heterocycles. The van der Waals surface area contributed by atoms with E-state index in [1.807, 2.05) is 0 Å². The number of benzene rings is 1. The smallest absolute Gasteiger partial charge is 0.265 e. The van der Waals surface area contributed by atoms with E-state index in [9.17, 15) is 8.42 Å². The van der Waals surface area contributed by atoms with Crippen molar-refractivity contribution in [3.8, 4) is 5.88 Å². The Morgan fingerprint density at radius 2 is 2.05 bits per heavy atom. The second-order valence-electron chi connectivity index (χ2n) is 3.85. The van der Waals surface area contributed by atoms with Gasteiger partial charge in [-0.3, -0.25) is 0 Å². The summed E-state index contributed by atoms with van der Waals surface area (Å²) in [5, 5.41) is 0.0518. The molecular weight excluding hydrogens is 384 g/mol. The maximum atomic E-state index is 12.3. The van der Waals surface area contributed by atoms with E-state index in [0.717, 1.165) is 0 Å². The molecule has 0 radical (unpaired) electrons. The highest BCUT2D eigenvalue weighted by molar-refractivity contribution is 9.10. The van der Waals surface area contributed by atoms with E-state index in [0.29, 0.717) is 10.2 Å². The van der Waals surface area contributed by atoms with Gasteiger partial charge in [-0.15, -0.1) is 0 Å². The quantitative estimate of drug-likeness (QED) is 0.609. The van der Waals surface area contributed by atoms with Crippen LogP contribution in [0.2, 0.25) is 5.15 Å². The molecule has 1 aromatic carbocycles. The fourth-order valence-corrected chi connectivity index (χ4v) is 3.67. The van der Waals surface area contributed by atoms with Crippen molar-refractivity contribution < 1.29 is 13.2 Å². The Labute approximate surface area is 134 Å². The lowest BCUT2D eigenvalue weighted by atomic mass is 10.3. The first kappa shape index (κ1) is 15.8. The van der Waals surface area contributed by atoms with Crippen LogP contribution in [0.3, 0.4) is 0 Å². The standard InChI is InChI=1S/C11H10BrClN4O3S/c1-20-10-5-9(13)15-11(16-10)17-21(18,19)8-3-2-6(14)4-7(8)12/h2-5H,14H2,1H3,(H,15,16,17). The summed E-state index contributed by atoms with van der Waals surface area (Å²) in [6, 6.07) is 5.68. The predicted molar refractivity (Wildman–Crippen MR) is 83.0 cm³/mol. The molecule has 0 aliphatic carbocycles. The molecule has 0 amide bonds. The summed E-state index contributed by atoms with van der Waals surface area (Å²) >= 11 is 8.91. The van der Waals surface area contributed by atoms with Crippen LogP contribution in [0.15, 0.2) is 33.6 Å². The third-order valence-corrected chi connectivity index (χ3v) is 4.85. The number of methoxy groups -OCH3 is 1. The largest absolute Gasteiger partial charge is 0.481 e. The molecule has 0 saturated carbocycles. The Morgan fingerprint density at radius 3 is 2.67 bits per heavy atom. The average molecular weight is 394 g/mol. The molecule has 10 heteroatoms. The molecule has 0 bridgehead atoms. The molecule has 0 fully saturated rings. The number of halogens is 2. The number of rotatable bonds is 4. The van der Waals surface area contributed by atoms with Gasteiger partial charge in [0.2, 0.25) is 11.8 Å². The molecule has 1 aromatic heterocycles. The first-order valence-electron chi connectivity index (χ1n) is 5.48. The van der Waals surface area contributed by atoms with E-state index in [1.165, 1.54) is 31.4 Å². The highest BCUT2D eigenvalue weighted by Crippen LogP contribution is 2.26. The van der Waals surface area contributed by atoms with Gasteiger partial charge in [-0.05, 0) is 34.1 Å². The van der Waals surface area contributed by atoms with Crippen LogP contribution in [0.5, 0.6) is 5.88 Å². The summed E-state index contributed by atoms with van der Waals surface area (Å²) in [5.74, 6) is -0.0489. The molecule has 2 rings (SSSR count). The minimum Gasteiger partial charge on any atom is -0.481 e. The number of nitrogens with zero attached hydrogens (tertiary/aromatic N) is 2. The third kappa shape index (κ3) is 3.74. The molecule has 1 heterocycles. The van der Waals surface area contributed by atoms with Crippen LogP contribution in [0.4, 0.5) is 11.6 Å². The average Bonchev–Trinajstić information content (AvgIpc) is 2.36. The highest BCUT2D eigenvalue weighted by Gasteiger charge is 2.19. The van der Waals surface area contributed by atoms with Gasteiger partial charge < -0.3 is 10.5 Å². The van der Waals surface area contributed by atoms with Gasteiger partial charge in [0.05, 0.1) is 7.11 Å². The van der Waals surface area contributed by atoms with Gasteiger partial charge >= 0.3 is 0 Å². The van der Waals surface area contributed by atoms with Crippen molar-refractivity contribution in [2.24, 2.45) is 0 Å². The second-order valence-corrected chi connectivity index (χ2v) is 6.74. The number of hydrogen-bond acceptors (Lipinski definition) is 6. The van der Waals surface area contributed by atoms with Crippen LogP contribution in [0.25, 0.3) is 0 Å². The molecule has 0 spiro atoms. The zero-order valence-electron chi connectivity index (χ0n) is 10.7. The van der Waals surface area contributed by atoms with Crippen molar-refractivity contribution in [2.75, 3.05) is 17.6 Å². The van der Waals surface area contributed by atoms with Crippen LogP contribution in [-0.2, 0) is 10.0 Å². The summed E-state index contributed by atoms with van der Waals surface area (Å²) < 4.78 is 32.0. The summed E-state index contributed by atoms with van der Waals surface area (Å²) in [7, 11) is -2.51. The lowest BCUT2D eigenvalue weighted by molar-refractivity contribution is 0.397. The molecule has 0 unspecified atom stereocenters. The fourth-order valence-electron chi connectivity index (χ4n) is 1.46. The van der Waals surface area contributed by atoms with Gasteiger partial charge in [-0.2, -0.15) is 4.98 Å². The van der Waals surface area contributed by atoms with Gasteiger partial charge in [-0.25, -0.2) is 18.1 Å². The molecular formula is C11H10BrClN4O3S. The Bertz CT molecular complexity index is 785. The predicted octanol–water partition coefficient (Wildman–Crippen LogP) is 2.28. The van der Waals surface area contributed by atoms with Gasteiger partial charge in [0, 0.05) is 16.2 Å². The van der Waals surface area contributed by atoms with Crippen molar-refractivity contribution in [3.63, 3.8) is 0 Å². The zero-order chi connectivity index (χ0) is 15.6. The maximum absolute atomic E-state index is 12.3. The van der Waals surface area contributed by atoms with E-state index >= 15 is 0 Å². The number of nitrogens with one attached hydrogen (secondary N) is 1. The topological polar surface area (TPSA) is 107 Å². The number of anilines is 2. The summed E-state index contributed by atoms with van der Waals surface area (Å²) in [6.45, 7) is 0. The maximum Gasteiger partial charge on any atom is 0.265 e. The van der Waals surface area contributed by atoms with E-state index in [2.05, 4.69) is 30.6 Å². The second kappa shape index (κ2) is 6.04. The summed E-state index contributed by atoms with van der Waals surface area (Å²) in [6.07, 6.45) is 0. The lowest BCUT2D eigenvalue weighted by Crippen LogP contribution is -2.16. The number of sulfonamides is 1. The van der Waals surface area contributed by atoms with E-state index in [1.54, 1.807) is 0 Å². The molecule has 3 N–H and O–H groups in total. The number of aromatic nitrogens is 2. The van der Waals surface area contributed by atoms with Gasteiger partial charge in [0.15, 0.2) is 0 Å². The first-order chi connectivity index (χ1) is 9.81. The first-order valence-corrected chi connectivity index (χ1v) is 8.13. The number of hydrogen-bond donors (Lipinski definition) is 2. The van der Waals surface area contributed by atoms with Crippen molar-refractivity contribution in [2.45, 2.75) is 4.90 Å². The van der Waals surface area contributed by atoms with Crippen LogP contribution in [0, 0.1) is 0 Å². The molecule has 0 aliphatic heterocycles. The number of nitrogen functional groups attached to an aromatic ring is 1. The number of ether oxygens (including phenoxy) is 1. The van der Waals surface area contributed by atoms with Crippen molar-refractivity contribution in [1.82, 2.24) is 9.97 Å². The molecule has 0 aliphatic rings. The molecule has 0 atom stereocenters. The van der Waals surface area contributed by atoms with Crippen molar-refractivity contribution >= 4 is 49.2 Å². The minimum absolute atomic E-state index is 0.000702. The van der Waals surface area contributed by atoms with Crippen molar-refractivity contribution in [1.29, 1.82) is 0 Å². The summed E-state index contributed by atoms with van der Waals surface area (Å²) in [5.41, 5.74) is 6.01. The Balaban J connectivity index is 2.39. The van der Waals surface area contributed by atoms with Crippen LogP contribution in [0.1, 0.15) is 0 Å². The van der Waals surface area contributed by atoms with Crippen LogP contribution >= 0.6 is 27.5 Å².